The fourth-order valence-corrected chi connectivity index (χ4v) is 5.01. The van der Waals surface area contributed by atoms with Gasteiger partial charge < -0.3 is 19.7 Å². The van der Waals surface area contributed by atoms with E-state index in [4.69, 9.17) is 0 Å². The Balaban J connectivity index is 1.31. The Labute approximate surface area is 193 Å². The first kappa shape index (κ1) is 21.2. The first-order chi connectivity index (χ1) is 16.0. The maximum absolute atomic E-state index is 13.2. The van der Waals surface area contributed by atoms with Crippen LogP contribution in [0.15, 0.2) is 65.6 Å². The van der Waals surface area contributed by atoms with Crippen LogP contribution in [0.4, 0.5) is 11.4 Å². The molecule has 1 N–H and O–H groups in total. The lowest BCUT2D eigenvalue weighted by Crippen LogP contribution is -2.49. The van der Waals surface area contributed by atoms with E-state index in [1.54, 1.807) is 12.3 Å². The zero-order valence-corrected chi connectivity index (χ0v) is 19.1. The van der Waals surface area contributed by atoms with Gasteiger partial charge in [-0.25, -0.2) is 0 Å². The Bertz CT molecular complexity index is 1200. The van der Waals surface area contributed by atoms with Gasteiger partial charge in [-0.05, 0) is 54.3 Å². The standard InChI is InChI=1S/C26H29N5O2/c1-29(2)21-8-6-18(7-9-21)14-28-23-10-11-24-20-13-19(16-31(24)26(23)33)15-30(17-20)25(32)22-5-3-4-12-27-22/h3-12,19-20,28H,13-17H2,1-2H3/t19-,20+/m0/s1. The second-order valence-electron chi connectivity index (χ2n) is 9.23. The minimum atomic E-state index is -0.0281. The molecule has 2 aliphatic heterocycles. The van der Waals surface area contributed by atoms with Crippen LogP contribution in [0.2, 0.25) is 0 Å². The average molecular weight is 444 g/mol. The third-order valence-electron chi connectivity index (χ3n) is 6.71. The second-order valence-corrected chi connectivity index (χ2v) is 9.23. The number of pyridine rings is 2. The minimum absolute atomic E-state index is 0.0246. The predicted octanol–water partition coefficient (Wildman–Crippen LogP) is 3.18. The van der Waals surface area contributed by atoms with Gasteiger partial charge in [0.15, 0.2) is 0 Å². The lowest BCUT2D eigenvalue weighted by molar-refractivity contribution is 0.0589. The molecule has 170 valence electrons. The number of piperidine rings is 1. The van der Waals surface area contributed by atoms with Gasteiger partial charge in [-0.3, -0.25) is 14.6 Å². The SMILES string of the molecule is CN(C)c1ccc(CNc2ccc3n(c2=O)C[C@H]2C[C@@H]3CN(C(=O)c3ccccn3)C2)cc1. The summed E-state index contributed by atoms with van der Waals surface area (Å²) in [7, 11) is 4.04. The van der Waals surface area contributed by atoms with E-state index in [9.17, 15) is 9.59 Å². The normalized spacial score (nSPS) is 19.0. The zero-order chi connectivity index (χ0) is 22.9. The van der Waals surface area contributed by atoms with E-state index in [0.29, 0.717) is 37.6 Å². The molecule has 7 heteroatoms. The van der Waals surface area contributed by atoms with Crippen molar-refractivity contribution >= 4 is 17.3 Å². The molecule has 2 aromatic heterocycles. The van der Waals surface area contributed by atoms with Crippen molar-refractivity contribution in [3.63, 3.8) is 0 Å². The Morgan fingerprint density at radius 2 is 1.88 bits per heavy atom. The summed E-state index contributed by atoms with van der Waals surface area (Å²) < 4.78 is 1.92. The molecule has 0 radical (unpaired) electrons. The number of hydrogen-bond donors (Lipinski definition) is 1. The largest absolute Gasteiger partial charge is 0.378 e. The number of fused-ring (bicyclic) bond motifs is 4. The summed E-state index contributed by atoms with van der Waals surface area (Å²) in [5.74, 6) is 0.417. The smallest absolute Gasteiger partial charge is 0.274 e. The summed E-state index contributed by atoms with van der Waals surface area (Å²) >= 11 is 0. The van der Waals surface area contributed by atoms with Gasteiger partial charge in [0.1, 0.15) is 11.4 Å². The van der Waals surface area contributed by atoms with E-state index >= 15 is 0 Å². The first-order valence-corrected chi connectivity index (χ1v) is 11.4. The predicted molar refractivity (Wildman–Crippen MR) is 130 cm³/mol. The van der Waals surface area contributed by atoms with Crippen molar-refractivity contribution < 1.29 is 4.79 Å². The number of benzene rings is 1. The number of anilines is 2. The van der Waals surface area contributed by atoms with Crippen LogP contribution < -0.4 is 15.8 Å². The molecule has 5 rings (SSSR count). The highest BCUT2D eigenvalue weighted by molar-refractivity contribution is 5.92. The van der Waals surface area contributed by atoms with Crippen molar-refractivity contribution in [1.29, 1.82) is 0 Å². The number of nitrogens with zero attached hydrogens (tertiary/aromatic N) is 4. The quantitative estimate of drug-likeness (QED) is 0.656. The van der Waals surface area contributed by atoms with Crippen molar-refractivity contribution in [3.8, 4) is 0 Å². The summed E-state index contributed by atoms with van der Waals surface area (Å²) in [5.41, 5.74) is 4.43. The molecule has 7 nitrogen and oxygen atoms in total. The molecule has 1 fully saturated rings. The molecule has 0 spiro atoms. The molecular formula is C26H29N5O2. The van der Waals surface area contributed by atoms with Crippen LogP contribution in [-0.2, 0) is 13.1 Å². The number of aromatic nitrogens is 2. The van der Waals surface area contributed by atoms with Gasteiger partial charge in [0.25, 0.3) is 11.5 Å². The Hall–Kier alpha value is -3.61. The van der Waals surface area contributed by atoms with Gasteiger partial charge in [0, 0.05) is 63.8 Å². The number of carbonyl (C=O) groups excluding carboxylic acids is 1. The van der Waals surface area contributed by atoms with Crippen LogP contribution >= 0.6 is 0 Å². The number of amides is 1. The average Bonchev–Trinajstić information content (AvgIpc) is 2.84. The van der Waals surface area contributed by atoms with E-state index in [0.717, 1.165) is 23.4 Å². The highest BCUT2D eigenvalue weighted by atomic mass is 16.2. The van der Waals surface area contributed by atoms with Crippen molar-refractivity contribution in [2.75, 3.05) is 37.4 Å². The number of hydrogen-bond acceptors (Lipinski definition) is 5. The summed E-state index contributed by atoms with van der Waals surface area (Å²) in [6.45, 7) is 2.52. The van der Waals surface area contributed by atoms with Crippen molar-refractivity contribution in [1.82, 2.24) is 14.5 Å². The van der Waals surface area contributed by atoms with Crippen LogP contribution in [0, 0.1) is 5.92 Å². The number of nitrogens with one attached hydrogen (secondary N) is 1. The monoisotopic (exact) mass is 443 g/mol. The molecule has 2 aliphatic rings. The Morgan fingerprint density at radius 3 is 2.61 bits per heavy atom. The van der Waals surface area contributed by atoms with Gasteiger partial charge in [-0.2, -0.15) is 0 Å². The molecule has 2 atom stereocenters. The van der Waals surface area contributed by atoms with Crippen molar-refractivity contribution in [2.45, 2.75) is 25.4 Å². The highest BCUT2D eigenvalue weighted by Gasteiger charge is 2.37. The van der Waals surface area contributed by atoms with Crippen molar-refractivity contribution in [3.05, 3.63) is 88.1 Å². The fourth-order valence-electron chi connectivity index (χ4n) is 5.01. The van der Waals surface area contributed by atoms with E-state index in [-0.39, 0.29) is 23.3 Å². The van der Waals surface area contributed by atoms with E-state index in [2.05, 4.69) is 45.5 Å². The summed E-state index contributed by atoms with van der Waals surface area (Å²) in [5, 5.41) is 3.32. The van der Waals surface area contributed by atoms with E-state index in [1.807, 2.05) is 41.8 Å². The Kier molecular flexibility index (Phi) is 5.62. The third-order valence-corrected chi connectivity index (χ3v) is 6.71. The molecule has 2 bridgehead atoms. The minimum Gasteiger partial charge on any atom is -0.378 e. The maximum atomic E-state index is 13.2. The summed E-state index contributed by atoms with van der Waals surface area (Å²) in [6.07, 6.45) is 2.66. The second kappa shape index (κ2) is 8.73. The highest BCUT2D eigenvalue weighted by Crippen LogP contribution is 2.35. The van der Waals surface area contributed by atoms with Gasteiger partial charge >= 0.3 is 0 Å². The van der Waals surface area contributed by atoms with Crippen LogP contribution in [0.1, 0.15) is 34.1 Å². The molecule has 1 amide bonds. The molecule has 33 heavy (non-hydrogen) atoms. The Morgan fingerprint density at radius 1 is 1.06 bits per heavy atom. The molecule has 1 aromatic carbocycles. The lowest BCUT2D eigenvalue weighted by Gasteiger charge is -2.42. The molecule has 1 saturated heterocycles. The third kappa shape index (κ3) is 4.23. The molecule has 3 aromatic rings. The van der Waals surface area contributed by atoms with Gasteiger partial charge in [-0.1, -0.05) is 18.2 Å². The summed E-state index contributed by atoms with van der Waals surface area (Å²) in [6, 6.07) is 17.7. The zero-order valence-electron chi connectivity index (χ0n) is 19.1. The molecule has 0 unspecified atom stereocenters. The van der Waals surface area contributed by atoms with E-state index in [1.165, 1.54) is 0 Å². The number of likely N-dealkylation sites (tertiary alicyclic amines) is 1. The first-order valence-electron chi connectivity index (χ1n) is 11.4. The topological polar surface area (TPSA) is 70.5 Å². The lowest BCUT2D eigenvalue weighted by atomic mass is 9.83. The number of rotatable bonds is 5. The fraction of sp³-hybridized carbons (Fsp3) is 0.346. The molecule has 0 aliphatic carbocycles. The number of carbonyl (C=O) groups is 1. The molecule has 4 heterocycles. The maximum Gasteiger partial charge on any atom is 0.274 e. The van der Waals surface area contributed by atoms with Crippen LogP contribution in [-0.4, -0.2) is 47.5 Å². The van der Waals surface area contributed by atoms with Gasteiger partial charge in [-0.15, -0.1) is 0 Å². The van der Waals surface area contributed by atoms with Crippen molar-refractivity contribution in [2.24, 2.45) is 5.92 Å². The van der Waals surface area contributed by atoms with Crippen LogP contribution in [0.3, 0.4) is 0 Å². The van der Waals surface area contributed by atoms with Gasteiger partial charge in [0.2, 0.25) is 0 Å². The molecule has 0 saturated carbocycles. The molecular weight excluding hydrogens is 414 g/mol. The van der Waals surface area contributed by atoms with Crippen LogP contribution in [0.5, 0.6) is 0 Å². The van der Waals surface area contributed by atoms with Gasteiger partial charge in [0.05, 0.1) is 0 Å². The van der Waals surface area contributed by atoms with E-state index < -0.39 is 0 Å². The summed E-state index contributed by atoms with van der Waals surface area (Å²) in [4.78, 5) is 34.4. The van der Waals surface area contributed by atoms with Crippen LogP contribution in [0.25, 0.3) is 0 Å².